The van der Waals surface area contributed by atoms with Gasteiger partial charge in [0.05, 0.1) is 12.1 Å². The second-order valence-corrected chi connectivity index (χ2v) is 7.94. The molecule has 0 radical (unpaired) electrons. The van der Waals surface area contributed by atoms with Crippen LogP contribution < -0.4 is 4.90 Å². The third-order valence-electron chi connectivity index (χ3n) is 5.89. The number of amides is 1. The van der Waals surface area contributed by atoms with E-state index in [-0.39, 0.29) is 23.5 Å². The number of benzene rings is 1. The first-order valence-corrected chi connectivity index (χ1v) is 9.57. The van der Waals surface area contributed by atoms with Gasteiger partial charge in [0.25, 0.3) is 0 Å². The topological polar surface area (TPSA) is 69.6 Å². The molecule has 1 unspecified atom stereocenters. The van der Waals surface area contributed by atoms with Gasteiger partial charge in [0.1, 0.15) is 5.75 Å². The Bertz CT molecular complexity index is 863. The van der Waals surface area contributed by atoms with Crippen LogP contribution in [0.3, 0.4) is 0 Å². The highest BCUT2D eigenvalue weighted by Gasteiger charge is 2.44. The average molecular weight is 366 g/mol. The average Bonchev–Trinajstić information content (AvgIpc) is 3.01. The highest BCUT2D eigenvalue weighted by atomic mass is 16.3. The molecule has 1 aromatic heterocycles. The summed E-state index contributed by atoms with van der Waals surface area (Å²) in [5.74, 6) is 0.991. The van der Waals surface area contributed by atoms with Crippen LogP contribution in [0.2, 0.25) is 0 Å². The van der Waals surface area contributed by atoms with E-state index in [1.165, 1.54) is 5.56 Å². The van der Waals surface area contributed by atoms with Crippen molar-refractivity contribution in [3.63, 3.8) is 0 Å². The van der Waals surface area contributed by atoms with Crippen molar-refractivity contribution in [3.05, 3.63) is 47.3 Å². The van der Waals surface area contributed by atoms with Crippen LogP contribution in [0.4, 0.5) is 5.95 Å². The van der Waals surface area contributed by atoms with Gasteiger partial charge in [-0.25, -0.2) is 9.97 Å². The Balaban J connectivity index is 1.57. The Hall–Kier alpha value is -2.63. The number of aryl methyl sites for hydroxylation is 1. The second kappa shape index (κ2) is 6.83. The van der Waals surface area contributed by atoms with E-state index in [2.05, 4.69) is 4.98 Å². The molecule has 27 heavy (non-hydrogen) atoms. The minimum absolute atomic E-state index is 0.0598. The highest BCUT2D eigenvalue weighted by molar-refractivity contribution is 5.79. The van der Waals surface area contributed by atoms with Crippen LogP contribution in [0.25, 0.3) is 0 Å². The fourth-order valence-electron chi connectivity index (χ4n) is 4.42. The lowest BCUT2D eigenvalue weighted by Gasteiger charge is -2.40. The van der Waals surface area contributed by atoms with Crippen LogP contribution >= 0.6 is 0 Å². The number of piperidine rings is 1. The van der Waals surface area contributed by atoms with Gasteiger partial charge in [0.2, 0.25) is 11.9 Å². The number of hydrogen-bond donors (Lipinski definition) is 1. The predicted molar refractivity (Wildman–Crippen MR) is 104 cm³/mol. The molecule has 1 aliphatic carbocycles. The van der Waals surface area contributed by atoms with E-state index in [0.29, 0.717) is 12.1 Å². The van der Waals surface area contributed by atoms with Gasteiger partial charge >= 0.3 is 0 Å². The molecule has 1 saturated heterocycles. The Kier molecular flexibility index (Phi) is 4.50. The highest BCUT2D eigenvalue weighted by Crippen LogP contribution is 2.44. The van der Waals surface area contributed by atoms with E-state index in [0.717, 1.165) is 43.9 Å². The van der Waals surface area contributed by atoms with E-state index in [1.54, 1.807) is 12.1 Å². The van der Waals surface area contributed by atoms with Gasteiger partial charge in [0, 0.05) is 44.4 Å². The Morgan fingerprint density at radius 3 is 2.89 bits per heavy atom. The number of anilines is 1. The summed E-state index contributed by atoms with van der Waals surface area (Å²) in [6.45, 7) is 1.48. The Morgan fingerprint density at radius 2 is 2.11 bits per heavy atom. The first-order valence-electron chi connectivity index (χ1n) is 9.57. The molecule has 0 bridgehead atoms. The van der Waals surface area contributed by atoms with Crippen molar-refractivity contribution in [2.75, 3.05) is 32.1 Å². The molecular formula is C21H26N4O2. The van der Waals surface area contributed by atoms with Gasteiger partial charge in [-0.15, -0.1) is 0 Å². The van der Waals surface area contributed by atoms with Crippen LogP contribution in [0, 0.1) is 0 Å². The fourth-order valence-corrected chi connectivity index (χ4v) is 4.42. The molecule has 142 valence electrons. The fraction of sp³-hybridized carbons (Fsp3) is 0.476. The number of likely N-dealkylation sites (tertiary alicyclic amines) is 1. The molecule has 1 atom stereocenters. The van der Waals surface area contributed by atoms with Crippen molar-refractivity contribution < 1.29 is 9.90 Å². The lowest BCUT2D eigenvalue weighted by Crippen LogP contribution is -2.48. The summed E-state index contributed by atoms with van der Waals surface area (Å²) in [4.78, 5) is 26.1. The molecule has 1 amide bonds. The van der Waals surface area contributed by atoms with Crippen LogP contribution in [0.5, 0.6) is 5.75 Å². The zero-order valence-corrected chi connectivity index (χ0v) is 16.0. The molecule has 2 heterocycles. The number of rotatable bonds is 3. The maximum Gasteiger partial charge on any atom is 0.227 e. The Labute approximate surface area is 159 Å². The summed E-state index contributed by atoms with van der Waals surface area (Å²) in [5, 5.41) is 9.98. The second-order valence-electron chi connectivity index (χ2n) is 7.94. The largest absolute Gasteiger partial charge is 0.508 e. The lowest BCUT2D eigenvalue weighted by atomic mass is 9.77. The molecule has 1 fully saturated rings. The maximum atomic E-state index is 12.9. The number of para-hydroxylation sites is 1. The number of carbonyl (C=O) groups excluding carboxylic acids is 1. The summed E-state index contributed by atoms with van der Waals surface area (Å²) < 4.78 is 0. The number of phenolic OH excluding ortho intramolecular Hbond substituents is 1. The smallest absolute Gasteiger partial charge is 0.227 e. The van der Waals surface area contributed by atoms with Gasteiger partial charge in [-0.05, 0) is 37.3 Å². The standard InChI is InChI=1S/C21H26N4O2/c1-24(2)20-22-13-16-8-10-21(19(16)23-20)9-5-11-25(14-21)18(27)12-15-6-3-4-7-17(15)26/h3-4,6-7,13,26H,5,8-12,14H2,1-2H3. The van der Waals surface area contributed by atoms with Crippen molar-refractivity contribution >= 4 is 11.9 Å². The summed E-state index contributed by atoms with van der Waals surface area (Å²) >= 11 is 0. The molecule has 1 aromatic carbocycles. The summed E-state index contributed by atoms with van der Waals surface area (Å²) in [6, 6.07) is 7.07. The third-order valence-corrected chi connectivity index (χ3v) is 5.89. The quantitative estimate of drug-likeness (QED) is 0.903. The van der Waals surface area contributed by atoms with E-state index in [9.17, 15) is 9.90 Å². The first-order chi connectivity index (χ1) is 13.0. The lowest BCUT2D eigenvalue weighted by molar-refractivity contribution is -0.132. The maximum absolute atomic E-state index is 12.9. The van der Waals surface area contributed by atoms with E-state index >= 15 is 0 Å². The third kappa shape index (κ3) is 3.24. The zero-order valence-electron chi connectivity index (χ0n) is 16.0. The zero-order chi connectivity index (χ0) is 19.0. The summed E-state index contributed by atoms with van der Waals surface area (Å²) in [7, 11) is 3.90. The van der Waals surface area contributed by atoms with Gasteiger partial charge in [-0.2, -0.15) is 0 Å². The number of nitrogens with zero attached hydrogens (tertiary/aromatic N) is 4. The molecule has 0 saturated carbocycles. The molecule has 2 aromatic rings. The number of aromatic hydroxyl groups is 1. The van der Waals surface area contributed by atoms with Gasteiger partial charge < -0.3 is 14.9 Å². The van der Waals surface area contributed by atoms with Crippen LogP contribution in [0.1, 0.15) is 36.1 Å². The minimum atomic E-state index is -0.0598. The van der Waals surface area contributed by atoms with Crippen LogP contribution in [0.15, 0.2) is 30.5 Å². The number of hydrogen-bond acceptors (Lipinski definition) is 5. The van der Waals surface area contributed by atoms with Gasteiger partial charge in [-0.3, -0.25) is 4.79 Å². The van der Waals surface area contributed by atoms with Crippen LogP contribution in [-0.4, -0.2) is 53.1 Å². The SMILES string of the molecule is CN(C)c1ncc2c(n1)C1(CCCN(C(=O)Cc3ccccc3O)C1)CC2. The minimum Gasteiger partial charge on any atom is -0.508 e. The number of fused-ring (bicyclic) bond motifs is 2. The van der Waals surface area contributed by atoms with Crippen molar-refractivity contribution in [3.8, 4) is 5.75 Å². The number of carbonyl (C=O) groups is 1. The molecule has 6 heteroatoms. The van der Waals surface area contributed by atoms with Crippen molar-refractivity contribution in [1.82, 2.24) is 14.9 Å². The molecule has 1 spiro atoms. The predicted octanol–water partition coefficient (Wildman–Crippen LogP) is 2.30. The molecular weight excluding hydrogens is 340 g/mol. The first kappa shape index (κ1) is 17.8. The molecule has 6 nitrogen and oxygen atoms in total. The normalized spacial score (nSPS) is 21.3. The van der Waals surface area contributed by atoms with Gasteiger partial charge in [0.15, 0.2) is 0 Å². The van der Waals surface area contributed by atoms with E-state index in [4.69, 9.17) is 4.98 Å². The summed E-state index contributed by atoms with van der Waals surface area (Å²) in [5.41, 5.74) is 2.97. The van der Waals surface area contributed by atoms with Gasteiger partial charge in [-0.1, -0.05) is 18.2 Å². The van der Waals surface area contributed by atoms with Crippen LogP contribution in [-0.2, 0) is 23.1 Å². The van der Waals surface area contributed by atoms with Crippen molar-refractivity contribution in [1.29, 1.82) is 0 Å². The van der Waals surface area contributed by atoms with E-state index < -0.39 is 0 Å². The number of aromatic nitrogens is 2. The monoisotopic (exact) mass is 366 g/mol. The van der Waals surface area contributed by atoms with E-state index in [1.807, 2.05) is 42.2 Å². The van der Waals surface area contributed by atoms with Crippen molar-refractivity contribution in [2.24, 2.45) is 0 Å². The molecule has 4 rings (SSSR count). The van der Waals surface area contributed by atoms with Crippen molar-refractivity contribution in [2.45, 2.75) is 37.5 Å². The molecule has 2 aliphatic rings. The molecule has 1 N–H and O–H groups in total. The Morgan fingerprint density at radius 1 is 1.30 bits per heavy atom. The molecule has 1 aliphatic heterocycles. The summed E-state index contributed by atoms with van der Waals surface area (Å²) in [6.07, 6.45) is 6.23. The number of phenols is 1.